The Labute approximate surface area is 110 Å². The summed E-state index contributed by atoms with van der Waals surface area (Å²) in [5.41, 5.74) is 0. The van der Waals surface area contributed by atoms with Gasteiger partial charge >= 0.3 is 0 Å². The van der Waals surface area contributed by atoms with Crippen LogP contribution in [0.25, 0.3) is 0 Å². The zero-order valence-electron chi connectivity index (χ0n) is 10.2. The fraction of sp³-hybridized carbons (Fsp3) is 0.700. The molecule has 0 bridgehead atoms. The van der Waals surface area contributed by atoms with Crippen molar-refractivity contribution in [1.29, 1.82) is 0 Å². The van der Waals surface area contributed by atoms with Crippen molar-refractivity contribution < 1.29 is 18.3 Å². The average Bonchev–Trinajstić information content (AvgIpc) is 2.75. The van der Waals surface area contributed by atoms with Gasteiger partial charge in [0, 0.05) is 13.1 Å². The first-order valence-corrected chi connectivity index (χ1v) is 7.88. The summed E-state index contributed by atoms with van der Waals surface area (Å²) in [6.07, 6.45) is 0.695. The van der Waals surface area contributed by atoms with Gasteiger partial charge in [0.15, 0.2) is 4.21 Å². The Balaban J connectivity index is 2.24. The van der Waals surface area contributed by atoms with Gasteiger partial charge in [0.2, 0.25) is 0 Å². The van der Waals surface area contributed by atoms with Gasteiger partial charge in [-0.25, -0.2) is 13.4 Å². The number of rotatable bonds is 3. The van der Waals surface area contributed by atoms with Gasteiger partial charge in [-0.05, 0) is 13.8 Å². The fourth-order valence-corrected chi connectivity index (χ4v) is 4.70. The van der Waals surface area contributed by atoms with Gasteiger partial charge in [-0.3, -0.25) is 0 Å². The molecule has 1 N–H and O–H groups in total. The second-order valence-corrected chi connectivity index (χ2v) is 7.67. The minimum absolute atomic E-state index is 0.181. The molecule has 1 aliphatic heterocycles. The minimum Gasteiger partial charge on any atom is -0.394 e. The Bertz CT molecular complexity index is 514. The number of hydrogen-bond donors (Lipinski definition) is 1. The molecule has 0 spiro atoms. The van der Waals surface area contributed by atoms with Gasteiger partial charge in [-0.1, -0.05) is 0 Å². The summed E-state index contributed by atoms with van der Waals surface area (Å²) in [4.78, 5) is 3.97. The molecular formula is C10H16N2O4S2. The number of morpholine rings is 1. The molecule has 0 amide bonds. The van der Waals surface area contributed by atoms with Gasteiger partial charge in [0.05, 0.1) is 30.0 Å². The smallest absolute Gasteiger partial charge is 0.254 e. The van der Waals surface area contributed by atoms with Crippen LogP contribution in [0.15, 0.2) is 10.4 Å². The van der Waals surface area contributed by atoms with E-state index in [2.05, 4.69) is 4.98 Å². The summed E-state index contributed by atoms with van der Waals surface area (Å²) in [6, 6.07) is 0. The molecule has 2 atom stereocenters. The van der Waals surface area contributed by atoms with E-state index in [0.29, 0.717) is 11.6 Å². The second-order valence-electron chi connectivity index (χ2n) is 4.27. The predicted molar refractivity (Wildman–Crippen MR) is 67.0 cm³/mol. The van der Waals surface area contributed by atoms with Crippen LogP contribution >= 0.6 is 11.3 Å². The van der Waals surface area contributed by atoms with E-state index in [-0.39, 0.29) is 23.5 Å². The van der Waals surface area contributed by atoms with Gasteiger partial charge in [-0.2, -0.15) is 4.31 Å². The van der Waals surface area contributed by atoms with E-state index in [0.717, 1.165) is 11.3 Å². The van der Waals surface area contributed by atoms with Crippen molar-refractivity contribution in [2.45, 2.75) is 30.3 Å². The molecule has 102 valence electrons. The van der Waals surface area contributed by atoms with E-state index in [4.69, 9.17) is 9.84 Å². The van der Waals surface area contributed by atoms with Gasteiger partial charge in [0.25, 0.3) is 10.0 Å². The van der Waals surface area contributed by atoms with Crippen LogP contribution < -0.4 is 0 Å². The van der Waals surface area contributed by atoms with Gasteiger partial charge in [0.1, 0.15) is 0 Å². The molecule has 2 heterocycles. The first-order chi connectivity index (χ1) is 8.43. The lowest BCUT2D eigenvalue weighted by atomic mass is 10.2. The Hall–Kier alpha value is -0.540. The number of aliphatic hydroxyl groups is 1. The monoisotopic (exact) mass is 292 g/mol. The van der Waals surface area contributed by atoms with E-state index in [9.17, 15) is 8.42 Å². The molecule has 0 radical (unpaired) electrons. The normalized spacial score (nSPS) is 26.4. The lowest BCUT2D eigenvalue weighted by Gasteiger charge is -2.34. The number of aromatic nitrogens is 1. The molecule has 8 heteroatoms. The number of sulfonamides is 1. The molecular weight excluding hydrogens is 276 g/mol. The third kappa shape index (κ3) is 2.72. The zero-order chi connectivity index (χ0) is 13.3. The molecule has 0 saturated carbocycles. The summed E-state index contributed by atoms with van der Waals surface area (Å²) < 4.78 is 31.8. The minimum atomic E-state index is -3.52. The Morgan fingerprint density at radius 3 is 2.89 bits per heavy atom. The highest BCUT2D eigenvalue weighted by molar-refractivity contribution is 7.91. The third-order valence-electron chi connectivity index (χ3n) is 2.69. The summed E-state index contributed by atoms with van der Waals surface area (Å²) in [5, 5.41) is 9.83. The predicted octanol–water partition coefficient (Wildman–Crippen LogP) is 0.222. The second kappa shape index (κ2) is 5.22. The molecule has 6 nitrogen and oxygen atoms in total. The van der Waals surface area contributed by atoms with E-state index in [1.165, 1.54) is 10.5 Å². The first-order valence-electron chi connectivity index (χ1n) is 5.62. The van der Waals surface area contributed by atoms with Crippen molar-refractivity contribution in [2.75, 3.05) is 19.7 Å². The average molecular weight is 292 g/mol. The van der Waals surface area contributed by atoms with E-state index >= 15 is 0 Å². The molecule has 0 aromatic carbocycles. The topological polar surface area (TPSA) is 79.7 Å². The number of ether oxygens (including phenoxy) is 1. The molecule has 18 heavy (non-hydrogen) atoms. The maximum absolute atomic E-state index is 12.4. The number of nitrogens with zero attached hydrogens (tertiary/aromatic N) is 2. The lowest BCUT2D eigenvalue weighted by molar-refractivity contribution is -0.0750. The Kier molecular flexibility index (Phi) is 4.02. The van der Waals surface area contributed by atoms with Crippen LogP contribution in [0.3, 0.4) is 0 Å². The zero-order valence-corrected chi connectivity index (χ0v) is 11.9. The quantitative estimate of drug-likeness (QED) is 0.862. The first kappa shape index (κ1) is 13.9. The number of thiazole rings is 1. The van der Waals surface area contributed by atoms with Crippen molar-refractivity contribution in [1.82, 2.24) is 9.29 Å². The van der Waals surface area contributed by atoms with Crippen LogP contribution in [0.4, 0.5) is 0 Å². The maximum Gasteiger partial charge on any atom is 0.254 e. The summed E-state index contributed by atoms with van der Waals surface area (Å²) in [6.45, 7) is 3.86. The van der Waals surface area contributed by atoms with Crippen molar-refractivity contribution in [3.05, 3.63) is 11.2 Å². The highest BCUT2D eigenvalue weighted by Gasteiger charge is 2.34. The SMILES string of the molecule is Cc1ncc(S(=O)(=O)N2CC(C)OC(CO)C2)s1. The summed E-state index contributed by atoms with van der Waals surface area (Å²) >= 11 is 1.15. The van der Waals surface area contributed by atoms with Crippen molar-refractivity contribution >= 4 is 21.4 Å². The van der Waals surface area contributed by atoms with E-state index in [1.54, 1.807) is 13.8 Å². The van der Waals surface area contributed by atoms with Crippen LogP contribution in [0, 0.1) is 6.92 Å². The maximum atomic E-state index is 12.4. The summed E-state index contributed by atoms with van der Waals surface area (Å²) in [7, 11) is -3.52. The molecule has 1 aromatic heterocycles. The number of hydrogen-bond acceptors (Lipinski definition) is 6. The summed E-state index contributed by atoms with van der Waals surface area (Å²) in [5.74, 6) is 0. The molecule has 1 aromatic rings. The van der Waals surface area contributed by atoms with Crippen molar-refractivity contribution in [3.63, 3.8) is 0 Å². The van der Waals surface area contributed by atoms with Crippen LogP contribution in [0.1, 0.15) is 11.9 Å². The standard InChI is InChI=1S/C10H16N2O4S2/c1-7-4-12(5-9(6-13)16-7)18(14,15)10-3-11-8(2)17-10/h3,7,9,13H,4-6H2,1-2H3. The molecule has 2 rings (SSSR count). The van der Waals surface area contributed by atoms with Crippen LogP contribution in [0.5, 0.6) is 0 Å². The molecule has 1 saturated heterocycles. The highest BCUT2D eigenvalue weighted by atomic mass is 32.2. The van der Waals surface area contributed by atoms with Crippen molar-refractivity contribution in [3.8, 4) is 0 Å². The van der Waals surface area contributed by atoms with E-state index < -0.39 is 16.1 Å². The molecule has 1 fully saturated rings. The highest BCUT2D eigenvalue weighted by Crippen LogP contribution is 2.25. The molecule has 1 aliphatic rings. The fourth-order valence-electron chi connectivity index (χ4n) is 1.89. The van der Waals surface area contributed by atoms with Gasteiger partial charge in [-0.15, -0.1) is 11.3 Å². The molecule has 0 aliphatic carbocycles. The number of aryl methyl sites for hydroxylation is 1. The van der Waals surface area contributed by atoms with Crippen LogP contribution in [0.2, 0.25) is 0 Å². The van der Waals surface area contributed by atoms with E-state index in [1.807, 2.05) is 0 Å². The Morgan fingerprint density at radius 1 is 1.61 bits per heavy atom. The Morgan fingerprint density at radius 2 is 2.33 bits per heavy atom. The van der Waals surface area contributed by atoms with Crippen molar-refractivity contribution in [2.24, 2.45) is 0 Å². The van der Waals surface area contributed by atoms with Gasteiger partial charge < -0.3 is 9.84 Å². The number of aliphatic hydroxyl groups excluding tert-OH is 1. The van der Waals surface area contributed by atoms with Crippen LogP contribution in [-0.2, 0) is 14.8 Å². The third-order valence-corrected chi connectivity index (χ3v) is 5.87. The largest absolute Gasteiger partial charge is 0.394 e. The molecule has 2 unspecified atom stereocenters. The lowest BCUT2D eigenvalue weighted by Crippen LogP contribution is -2.50. The van der Waals surface area contributed by atoms with Crippen LogP contribution in [-0.4, -0.2) is 54.7 Å².